The predicted octanol–water partition coefficient (Wildman–Crippen LogP) is 2.50. The smallest absolute Gasteiger partial charge is 0.0527 e. The van der Waals surface area contributed by atoms with Crippen molar-refractivity contribution in [1.29, 1.82) is 0 Å². The lowest BCUT2D eigenvalue weighted by molar-refractivity contribution is 0.472. The molecule has 0 atom stereocenters. The molecule has 0 bridgehead atoms. The van der Waals surface area contributed by atoms with Crippen molar-refractivity contribution < 1.29 is 0 Å². The SMILES string of the molecule is CCCC(C)(C)c1cnn(C)c1. The molecular weight excluding hydrogens is 148 g/mol. The Bertz CT molecular complexity index is 248. The zero-order valence-corrected chi connectivity index (χ0v) is 8.46. The summed E-state index contributed by atoms with van der Waals surface area (Å²) < 4.78 is 1.87. The molecule has 0 saturated heterocycles. The minimum absolute atomic E-state index is 0.281. The van der Waals surface area contributed by atoms with Crippen LogP contribution in [0.1, 0.15) is 39.2 Å². The summed E-state index contributed by atoms with van der Waals surface area (Å²) in [4.78, 5) is 0. The van der Waals surface area contributed by atoms with Crippen LogP contribution in [-0.2, 0) is 12.5 Å². The maximum atomic E-state index is 4.18. The first-order chi connectivity index (χ1) is 5.56. The summed E-state index contributed by atoms with van der Waals surface area (Å²) in [6, 6.07) is 0. The highest BCUT2D eigenvalue weighted by Gasteiger charge is 2.20. The second-order valence-electron chi connectivity index (χ2n) is 4.04. The van der Waals surface area contributed by atoms with Gasteiger partial charge in [-0.15, -0.1) is 0 Å². The van der Waals surface area contributed by atoms with E-state index in [0.29, 0.717) is 0 Å². The van der Waals surface area contributed by atoms with Gasteiger partial charge in [0.1, 0.15) is 0 Å². The van der Waals surface area contributed by atoms with Gasteiger partial charge in [-0.3, -0.25) is 4.68 Å². The molecule has 1 aromatic heterocycles. The van der Waals surface area contributed by atoms with Gasteiger partial charge in [-0.25, -0.2) is 0 Å². The van der Waals surface area contributed by atoms with Crippen LogP contribution in [0, 0.1) is 0 Å². The lowest BCUT2D eigenvalue weighted by Gasteiger charge is -2.21. The van der Waals surface area contributed by atoms with E-state index in [0.717, 1.165) is 0 Å². The highest BCUT2D eigenvalue weighted by atomic mass is 15.2. The van der Waals surface area contributed by atoms with Gasteiger partial charge in [-0.05, 0) is 17.4 Å². The van der Waals surface area contributed by atoms with E-state index in [1.54, 1.807) is 0 Å². The van der Waals surface area contributed by atoms with Crippen molar-refractivity contribution >= 4 is 0 Å². The second kappa shape index (κ2) is 3.30. The van der Waals surface area contributed by atoms with E-state index in [9.17, 15) is 0 Å². The lowest BCUT2D eigenvalue weighted by atomic mass is 9.83. The fraction of sp³-hybridized carbons (Fsp3) is 0.700. The minimum Gasteiger partial charge on any atom is -0.276 e. The molecule has 1 aromatic rings. The highest BCUT2D eigenvalue weighted by Crippen LogP contribution is 2.27. The van der Waals surface area contributed by atoms with E-state index in [1.165, 1.54) is 18.4 Å². The summed E-state index contributed by atoms with van der Waals surface area (Å²) in [5.41, 5.74) is 1.62. The average molecular weight is 166 g/mol. The third-order valence-electron chi connectivity index (χ3n) is 2.36. The summed E-state index contributed by atoms with van der Waals surface area (Å²) in [5, 5.41) is 4.18. The van der Waals surface area contributed by atoms with Crippen molar-refractivity contribution in [2.75, 3.05) is 0 Å². The number of nitrogens with zero attached hydrogens (tertiary/aromatic N) is 2. The zero-order chi connectivity index (χ0) is 9.19. The first-order valence-electron chi connectivity index (χ1n) is 4.55. The van der Waals surface area contributed by atoms with E-state index in [4.69, 9.17) is 0 Å². The van der Waals surface area contributed by atoms with E-state index in [-0.39, 0.29) is 5.41 Å². The molecule has 0 radical (unpaired) electrons. The lowest BCUT2D eigenvalue weighted by Crippen LogP contribution is -2.15. The van der Waals surface area contributed by atoms with Gasteiger partial charge in [0.15, 0.2) is 0 Å². The second-order valence-corrected chi connectivity index (χ2v) is 4.04. The predicted molar refractivity (Wildman–Crippen MR) is 51.1 cm³/mol. The Kier molecular flexibility index (Phi) is 2.55. The molecule has 0 aliphatic heterocycles. The van der Waals surface area contributed by atoms with Gasteiger partial charge in [-0.2, -0.15) is 5.10 Å². The summed E-state index contributed by atoms with van der Waals surface area (Å²) in [5.74, 6) is 0. The Morgan fingerprint density at radius 2 is 2.17 bits per heavy atom. The van der Waals surface area contributed by atoms with Crippen LogP contribution >= 0.6 is 0 Å². The van der Waals surface area contributed by atoms with Gasteiger partial charge in [0, 0.05) is 13.2 Å². The van der Waals surface area contributed by atoms with E-state index >= 15 is 0 Å². The number of hydrogen-bond acceptors (Lipinski definition) is 1. The van der Waals surface area contributed by atoms with Crippen LogP contribution in [0.3, 0.4) is 0 Å². The highest BCUT2D eigenvalue weighted by molar-refractivity contribution is 5.16. The summed E-state index contributed by atoms with van der Waals surface area (Å²) in [7, 11) is 1.96. The summed E-state index contributed by atoms with van der Waals surface area (Å²) in [6.45, 7) is 6.76. The molecule has 0 saturated carbocycles. The van der Waals surface area contributed by atoms with Crippen LogP contribution in [0.5, 0.6) is 0 Å². The number of aromatic nitrogens is 2. The number of rotatable bonds is 3. The van der Waals surface area contributed by atoms with Crippen molar-refractivity contribution in [3.8, 4) is 0 Å². The normalized spacial score (nSPS) is 12.0. The van der Waals surface area contributed by atoms with Gasteiger partial charge < -0.3 is 0 Å². The molecule has 12 heavy (non-hydrogen) atoms. The summed E-state index contributed by atoms with van der Waals surface area (Å²) in [6.07, 6.45) is 6.52. The van der Waals surface area contributed by atoms with E-state index in [1.807, 2.05) is 17.9 Å². The van der Waals surface area contributed by atoms with Crippen LogP contribution in [0.4, 0.5) is 0 Å². The van der Waals surface area contributed by atoms with Gasteiger partial charge in [-0.1, -0.05) is 27.2 Å². The zero-order valence-electron chi connectivity index (χ0n) is 8.46. The monoisotopic (exact) mass is 166 g/mol. The van der Waals surface area contributed by atoms with Crippen molar-refractivity contribution in [1.82, 2.24) is 9.78 Å². The van der Waals surface area contributed by atoms with Crippen LogP contribution in [0.2, 0.25) is 0 Å². The van der Waals surface area contributed by atoms with Crippen molar-refractivity contribution in [3.63, 3.8) is 0 Å². The minimum atomic E-state index is 0.281. The van der Waals surface area contributed by atoms with Crippen LogP contribution < -0.4 is 0 Å². The quantitative estimate of drug-likeness (QED) is 0.674. The summed E-state index contributed by atoms with van der Waals surface area (Å²) >= 11 is 0. The molecule has 0 fully saturated rings. The van der Waals surface area contributed by atoms with Crippen molar-refractivity contribution in [3.05, 3.63) is 18.0 Å². The molecule has 0 aliphatic carbocycles. The largest absolute Gasteiger partial charge is 0.276 e. The van der Waals surface area contributed by atoms with Crippen molar-refractivity contribution in [2.45, 2.75) is 39.0 Å². The molecular formula is C10H18N2. The molecule has 0 unspecified atom stereocenters. The molecule has 1 rings (SSSR count). The third-order valence-corrected chi connectivity index (χ3v) is 2.36. The molecule has 0 aromatic carbocycles. The number of hydrogen-bond donors (Lipinski definition) is 0. The van der Waals surface area contributed by atoms with Crippen LogP contribution in [-0.4, -0.2) is 9.78 Å². The van der Waals surface area contributed by atoms with Gasteiger partial charge >= 0.3 is 0 Å². The molecule has 0 spiro atoms. The molecule has 68 valence electrons. The average Bonchev–Trinajstić information content (AvgIpc) is 2.36. The molecule has 0 aliphatic rings. The first kappa shape index (κ1) is 9.30. The maximum absolute atomic E-state index is 4.18. The molecule has 2 heteroatoms. The first-order valence-corrected chi connectivity index (χ1v) is 4.55. The Hall–Kier alpha value is -0.790. The Labute approximate surface area is 74.6 Å². The Morgan fingerprint density at radius 1 is 1.50 bits per heavy atom. The third kappa shape index (κ3) is 1.87. The van der Waals surface area contributed by atoms with Gasteiger partial charge in [0.25, 0.3) is 0 Å². The fourth-order valence-corrected chi connectivity index (χ4v) is 1.54. The van der Waals surface area contributed by atoms with Gasteiger partial charge in [0.2, 0.25) is 0 Å². The number of aryl methyl sites for hydroxylation is 1. The van der Waals surface area contributed by atoms with Crippen molar-refractivity contribution in [2.24, 2.45) is 7.05 Å². The van der Waals surface area contributed by atoms with Crippen LogP contribution in [0.25, 0.3) is 0 Å². The molecule has 0 amide bonds. The maximum Gasteiger partial charge on any atom is 0.0527 e. The standard InChI is InChI=1S/C10H18N2/c1-5-6-10(2,3)9-7-11-12(4)8-9/h7-8H,5-6H2,1-4H3. The topological polar surface area (TPSA) is 17.8 Å². The van der Waals surface area contributed by atoms with E-state index < -0.39 is 0 Å². The molecule has 0 N–H and O–H groups in total. The molecule has 1 heterocycles. The van der Waals surface area contributed by atoms with Crippen LogP contribution in [0.15, 0.2) is 12.4 Å². The fourth-order valence-electron chi connectivity index (χ4n) is 1.54. The van der Waals surface area contributed by atoms with Gasteiger partial charge in [0.05, 0.1) is 6.20 Å². The van der Waals surface area contributed by atoms with E-state index in [2.05, 4.69) is 32.1 Å². The Balaban J connectivity index is 2.81. The molecule has 2 nitrogen and oxygen atoms in total. The Morgan fingerprint density at radius 3 is 2.58 bits per heavy atom.